The minimum Gasteiger partial charge on any atom is -0.354 e. The summed E-state index contributed by atoms with van der Waals surface area (Å²) in [6, 6.07) is 9.09. The number of rotatable bonds is 5. The van der Waals surface area contributed by atoms with Gasteiger partial charge in [0.15, 0.2) is 0 Å². The third kappa shape index (κ3) is 3.28. The quantitative estimate of drug-likeness (QED) is 0.568. The second kappa shape index (κ2) is 6.73. The normalized spacial score (nSPS) is 12.2. The fourth-order valence-corrected chi connectivity index (χ4v) is 4.20. The van der Waals surface area contributed by atoms with Crippen LogP contribution in [0.4, 0.5) is 0 Å². The van der Waals surface area contributed by atoms with Gasteiger partial charge in [-0.1, -0.05) is 26.8 Å². The number of aryl methyl sites for hydroxylation is 2. The van der Waals surface area contributed by atoms with Crippen LogP contribution >= 0.6 is 11.3 Å². The lowest BCUT2D eigenvalue weighted by molar-refractivity contribution is 0.591. The van der Waals surface area contributed by atoms with Crippen LogP contribution in [0, 0.1) is 6.92 Å². The molecule has 0 atom stereocenters. The number of unbranched alkanes of at least 4 members (excludes halogenated alkanes) is 1. The van der Waals surface area contributed by atoms with Crippen LogP contribution in [0.5, 0.6) is 0 Å². The Morgan fingerprint density at radius 1 is 1.12 bits per heavy atom. The van der Waals surface area contributed by atoms with Crippen molar-refractivity contribution in [1.29, 1.82) is 0 Å². The van der Waals surface area contributed by atoms with Crippen LogP contribution in [0.3, 0.4) is 0 Å². The van der Waals surface area contributed by atoms with Gasteiger partial charge in [0.1, 0.15) is 0 Å². The highest BCUT2D eigenvalue weighted by Gasteiger charge is 2.19. The van der Waals surface area contributed by atoms with Gasteiger partial charge < -0.3 is 10.7 Å². The van der Waals surface area contributed by atoms with Crippen molar-refractivity contribution in [2.75, 3.05) is 6.54 Å². The fourth-order valence-electron chi connectivity index (χ4n) is 3.24. The molecule has 0 aliphatic rings. The molecule has 0 unspecified atom stereocenters. The molecule has 0 aliphatic carbocycles. The van der Waals surface area contributed by atoms with Crippen molar-refractivity contribution in [3.05, 3.63) is 46.3 Å². The standard InChI is InChI=1S/C21H28N2S/c1-14-10-12-24-20(14)19-16(7-5-6-11-22)17-13-15(21(2,3)4)8-9-18(17)23-19/h8-10,12-13,23H,5-7,11,22H2,1-4H3. The molecule has 24 heavy (non-hydrogen) atoms. The summed E-state index contributed by atoms with van der Waals surface area (Å²) in [7, 11) is 0. The molecule has 3 heteroatoms. The van der Waals surface area contributed by atoms with E-state index >= 15 is 0 Å². The molecule has 3 aromatic rings. The van der Waals surface area contributed by atoms with E-state index in [1.165, 1.54) is 38.2 Å². The van der Waals surface area contributed by atoms with Gasteiger partial charge in [0, 0.05) is 10.9 Å². The van der Waals surface area contributed by atoms with Crippen molar-refractivity contribution in [2.24, 2.45) is 5.73 Å². The van der Waals surface area contributed by atoms with E-state index in [0.29, 0.717) is 0 Å². The van der Waals surface area contributed by atoms with Gasteiger partial charge in [-0.25, -0.2) is 0 Å². The molecular formula is C21H28N2S. The maximum absolute atomic E-state index is 5.71. The first-order valence-corrected chi connectivity index (χ1v) is 9.69. The van der Waals surface area contributed by atoms with Crippen LogP contribution in [0.25, 0.3) is 21.5 Å². The topological polar surface area (TPSA) is 41.8 Å². The average Bonchev–Trinajstić information content (AvgIpc) is 3.09. The Balaban J connectivity index is 2.16. The first-order chi connectivity index (χ1) is 11.4. The highest BCUT2D eigenvalue weighted by atomic mass is 32.1. The molecule has 0 fully saturated rings. The molecule has 0 aliphatic heterocycles. The Morgan fingerprint density at radius 2 is 1.92 bits per heavy atom. The predicted octanol–water partition coefficient (Wildman–Crippen LogP) is 5.78. The van der Waals surface area contributed by atoms with E-state index in [4.69, 9.17) is 5.73 Å². The monoisotopic (exact) mass is 340 g/mol. The van der Waals surface area contributed by atoms with Gasteiger partial charge in [-0.05, 0) is 78.4 Å². The highest BCUT2D eigenvalue weighted by molar-refractivity contribution is 7.13. The lowest BCUT2D eigenvalue weighted by Crippen LogP contribution is -2.10. The molecule has 0 bridgehead atoms. The van der Waals surface area contributed by atoms with Crippen LogP contribution in [-0.4, -0.2) is 11.5 Å². The van der Waals surface area contributed by atoms with E-state index in [1.54, 1.807) is 0 Å². The van der Waals surface area contributed by atoms with Gasteiger partial charge in [-0.3, -0.25) is 0 Å². The largest absolute Gasteiger partial charge is 0.354 e. The van der Waals surface area contributed by atoms with Crippen molar-refractivity contribution < 1.29 is 0 Å². The Kier molecular flexibility index (Phi) is 4.84. The highest BCUT2D eigenvalue weighted by Crippen LogP contribution is 2.37. The van der Waals surface area contributed by atoms with E-state index in [-0.39, 0.29) is 5.41 Å². The van der Waals surface area contributed by atoms with Gasteiger partial charge in [-0.15, -0.1) is 11.3 Å². The summed E-state index contributed by atoms with van der Waals surface area (Å²) in [6.45, 7) is 9.79. The molecule has 0 amide bonds. The van der Waals surface area contributed by atoms with Gasteiger partial charge >= 0.3 is 0 Å². The third-order valence-electron chi connectivity index (χ3n) is 4.74. The van der Waals surface area contributed by atoms with Crippen LogP contribution in [0.2, 0.25) is 0 Å². The van der Waals surface area contributed by atoms with E-state index < -0.39 is 0 Å². The summed E-state index contributed by atoms with van der Waals surface area (Å²) >= 11 is 1.83. The van der Waals surface area contributed by atoms with E-state index in [9.17, 15) is 0 Å². The van der Waals surface area contributed by atoms with Crippen molar-refractivity contribution in [3.8, 4) is 10.6 Å². The van der Waals surface area contributed by atoms with Crippen molar-refractivity contribution >= 4 is 22.2 Å². The van der Waals surface area contributed by atoms with Gasteiger partial charge in [0.25, 0.3) is 0 Å². The van der Waals surface area contributed by atoms with Gasteiger partial charge in [-0.2, -0.15) is 0 Å². The predicted molar refractivity (Wildman–Crippen MR) is 107 cm³/mol. The number of H-pyrrole nitrogens is 1. The number of benzene rings is 1. The number of hydrogen-bond donors (Lipinski definition) is 2. The summed E-state index contributed by atoms with van der Waals surface area (Å²) in [4.78, 5) is 5.06. The molecule has 1 aromatic carbocycles. The minimum absolute atomic E-state index is 0.166. The van der Waals surface area contributed by atoms with Crippen LogP contribution in [0.1, 0.15) is 50.3 Å². The number of fused-ring (bicyclic) bond motifs is 1. The summed E-state index contributed by atoms with van der Waals surface area (Å²) in [5.74, 6) is 0. The molecule has 2 heterocycles. The maximum Gasteiger partial charge on any atom is 0.0601 e. The molecular weight excluding hydrogens is 312 g/mol. The number of thiophene rings is 1. The first-order valence-electron chi connectivity index (χ1n) is 8.81. The minimum atomic E-state index is 0.166. The maximum atomic E-state index is 5.71. The molecule has 0 saturated carbocycles. The summed E-state index contributed by atoms with van der Waals surface area (Å²) in [5, 5.41) is 3.56. The van der Waals surface area contributed by atoms with Crippen molar-refractivity contribution in [1.82, 2.24) is 4.98 Å². The number of aromatic amines is 1. The summed E-state index contributed by atoms with van der Waals surface area (Å²) in [6.07, 6.45) is 3.30. The van der Waals surface area contributed by atoms with Gasteiger partial charge in [0.2, 0.25) is 0 Å². The Bertz CT molecular complexity index is 833. The number of aromatic nitrogens is 1. The van der Waals surface area contributed by atoms with Crippen LogP contribution < -0.4 is 5.73 Å². The zero-order valence-electron chi connectivity index (χ0n) is 15.2. The molecule has 0 saturated heterocycles. The Hall–Kier alpha value is -1.58. The molecule has 3 N–H and O–H groups in total. The van der Waals surface area contributed by atoms with Crippen molar-refractivity contribution in [3.63, 3.8) is 0 Å². The summed E-state index contributed by atoms with van der Waals surface area (Å²) in [5.41, 5.74) is 12.6. The number of nitrogens with one attached hydrogen (secondary N) is 1. The second-order valence-corrected chi connectivity index (χ2v) is 8.58. The summed E-state index contributed by atoms with van der Waals surface area (Å²) < 4.78 is 0. The smallest absolute Gasteiger partial charge is 0.0601 e. The molecule has 2 aromatic heterocycles. The van der Waals surface area contributed by atoms with Crippen LogP contribution in [0.15, 0.2) is 29.6 Å². The van der Waals surface area contributed by atoms with E-state index in [2.05, 4.69) is 62.3 Å². The lowest BCUT2D eigenvalue weighted by atomic mass is 9.86. The fraction of sp³-hybridized carbons (Fsp3) is 0.429. The lowest BCUT2D eigenvalue weighted by Gasteiger charge is -2.19. The Morgan fingerprint density at radius 3 is 2.54 bits per heavy atom. The first kappa shape index (κ1) is 17.2. The van der Waals surface area contributed by atoms with E-state index in [1.807, 2.05) is 11.3 Å². The van der Waals surface area contributed by atoms with Crippen LogP contribution in [-0.2, 0) is 11.8 Å². The molecule has 2 nitrogen and oxygen atoms in total. The number of nitrogens with two attached hydrogens (primary N) is 1. The number of hydrogen-bond acceptors (Lipinski definition) is 2. The Labute approximate surface area is 149 Å². The molecule has 0 radical (unpaired) electrons. The molecule has 3 rings (SSSR count). The van der Waals surface area contributed by atoms with Crippen molar-refractivity contribution in [2.45, 2.75) is 52.4 Å². The molecule has 128 valence electrons. The SMILES string of the molecule is Cc1ccsc1-c1[nH]c2ccc(C(C)(C)C)cc2c1CCCCN. The average molecular weight is 341 g/mol. The van der Waals surface area contributed by atoms with E-state index in [0.717, 1.165) is 25.8 Å². The zero-order valence-corrected chi connectivity index (χ0v) is 16.0. The second-order valence-electron chi connectivity index (χ2n) is 7.67. The van der Waals surface area contributed by atoms with Gasteiger partial charge in [0.05, 0.1) is 10.6 Å². The zero-order chi connectivity index (χ0) is 17.3. The third-order valence-corrected chi connectivity index (χ3v) is 5.78. The molecule has 0 spiro atoms.